The van der Waals surface area contributed by atoms with Crippen LogP contribution in [0, 0.1) is 0 Å². The SMILES string of the molecule is CC1(F)CCN(c2cnc(C(=O)O)cn2)C1. The summed E-state index contributed by atoms with van der Waals surface area (Å²) in [5.41, 5.74) is -1.31. The number of hydrogen-bond acceptors (Lipinski definition) is 4. The van der Waals surface area contributed by atoms with Crippen LogP contribution in [0.3, 0.4) is 0 Å². The van der Waals surface area contributed by atoms with Gasteiger partial charge in [-0.25, -0.2) is 19.2 Å². The van der Waals surface area contributed by atoms with Gasteiger partial charge in [0.25, 0.3) is 0 Å². The van der Waals surface area contributed by atoms with Gasteiger partial charge in [-0.05, 0) is 6.92 Å². The normalized spacial score (nSPS) is 24.8. The fourth-order valence-electron chi connectivity index (χ4n) is 1.71. The standard InChI is InChI=1S/C10H12FN3O2/c1-10(11)2-3-14(6-10)8-5-12-7(4-13-8)9(15)16/h4-5H,2-3,6H2,1H3,(H,15,16). The predicted molar refractivity (Wildman–Crippen MR) is 55.3 cm³/mol. The van der Waals surface area contributed by atoms with Crippen molar-refractivity contribution in [1.82, 2.24) is 9.97 Å². The molecule has 0 spiro atoms. The van der Waals surface area contributed by atoms with Gasteiger partial charge in [0.05, 0.1) is 18.9 Å². The molecule has 1 unspecified atom stereocenters. The van der Waals surface area contributed by atoms with E-state index in [-0.39, 0.29) is 12.2 Å². The molecule has 5 nitrogen and oxygen atoms in total. The number of halogens is 1. The Bertz CT molecular complexity index is 405. The number of aromatic nitrogens is 2. The summed E-state index contributed by atoms with van der Waals surface area (Å²) in [5, 5.41) is 8.65. The highest BCUT2D eigenvalue weighted by Crippen LogP contribution is 2.27. The summed E-state index contributed by atoms with van der Waals surface area (Å²) in [6, 6.07) is 0. The third-order valence-corrected chi connectivity index (χ3v) is 2.60. The van der Waals surface area contributed by atoms with E-state index in [1.54, 1.807) is 11.8 Å². The average Bonchev–Trinajstić information content (AvgIpc) is 2.59. The number of rotatable bonds is 2. The van der Waals surface area contributed by atoms with Crippen molar-refractivity contribution in [3.63, 3.8) is 0 Å². The van der Waals surface area contributed by atoms with E-state index in [2.05, 4.69) is 9.97 Å². The Morgan fingerprint density at radius 2 is 2.31 bits per heavy atom. The minimum Gasteiger partial charge on any atom is -0.476 e. The summed E-state index contributed by atoms with van der Waals surface area (Å²) in [4.78, 5) is 20.0. The molecule has 2 rings (SSSR count). The Balaban J connectivity index is 2.14. The lowest BCUT2D eigenvalue weighted by molar-refractivity contribution is 0.0690. The number of carboxylic acid groups (broad SMARTS) is 1. The van der Waals surface area contributed by atoms with Crippen LogP contribution in [0.2, 0.25) is 0 Å². The minimum atomic E-state index is -1.20. The van der Waals surface area contributed by atoms with Crippen LogP contribution in [0.1, 0.15) is 23.8 Å². The first-order valence-electron chi connectivity index (χ1n) is 4.97. The Hall–Kier alpha value is -1.72. The molecule has 1 aliphatic rings. The molecule has 1 atom stereocenters. The van der Waals surface area contributed by atoms with E-state index in [0.717, 1.165) is 0 Å². The zero-order chi connectivity index (χ0) is 11.8. The second-order valence-electron chi connectivity index (χ2n) is 4.15. The second-order valence-corrected chi connectivity index (χ2v) is 4.15. The predicted octanol–water partition coefficient (Wildman–Crippen LogP) is 1.11. The van der Waals surface area contributed by atoms with Gasteiger partial charge in [-0.15, -0.1) is 0 Å². The maximum atomic E-state index is 13.6. The number of nitrogens with zero attached hydrogens (tertiary/aromatic N) is 3. The molecular weight excluding hydrogens is 213 g/mol. The van der Waals surface area contributed by atoms with Gasteiger partial charge in [0, 0.05) is 13.0 Å². The second kappa shape index (κ2) is 3.70. The van der Waals surface area contributed by atoms with Crippen molar-refractivity contribution in [2.75, 3.05) is 18.0 Å². The molecule has 86 valence electrons. The van der Waals surface area contributed by atoms with E-state index in [1.807, 2.05) is 0 Å². The van der Waals surface area contributed by atoms with Crippen LogP contribution in [0.4, 0.5) is 10.2 Å². The molecule has 0 aromatic carbocycles. The van der Waals surface area contributed by atoms with Crippen molar-refractivity contribution < 1.29 is 14.3 Å². The summed E-state index contributed by atoms with van der Waals surface area (Å²) < 4.78 is 13.6. The zero-order valence-electron chi connectivity index (χ0n) is 8.85. The molecule has 1 N–H and O–H groups in total. The number of alkyl halides is 1. The molecule has 1 saturated heterocycles. The number of hydrogen-bond donors (Lipinski definition) is 1. The van der Waals surface area contributed by atoms with Crippen LogP contribution >= 0.6 is 0 Å². The minimum absolute atomic E-state index is 0.106. The van der Waals surface area contributed by atoms with Gasteiger partial charge < -0.3 is 10.0 Å². The highest BCUT2D eigenvalue weighted by molar-refractivity contribution is 5.84. The van der Waals surface area contributed by atoms with Gasteiger partial charge >= 0.3 is 5.97 Å². The highest BCUT2D eigenvalue weighted by Gasteiger charge is 2.34. The lowest BCUT2D eigenvalue weighted by Crippen LogP contribution is -2.26. The number of carbonyl (C=O) groups is 1. The molecule has 0 bridgehead atoms. The Labute approximate surface area is 91.9 Å². The van der Waals surface area contributed by atoms with E-state index < -0.39 is 11.6 Å². The van der Waals surface area contributed by atoms with Gasteiger partial charge in [0.1, 0.15) is 11.5 Å². The first kappa shape index (κ1) is 10.8. The molecule has 1 aromatic rings. The Morgan fingerprint density at radius 3 is 2.75 bits per heavy atom. The van der Waals surface area contributed by atoms with Crippen molar-refractivity contribution in [3.05, 3.63) is 18.1 Å². The first-order chi connectivity index (χ1) is 7.48. The largest absolute Gasteiger partial charge is 0.476 e. The van der Waals surface area contributed by atoms with Crippen molar-refractivity contribution in [2.24, 2.45) is 0 Å². The monoisotopic (exact) mass is 225 g/mol. The maximum Gasteiger partial charge on any atom is 0.356 e. The molecule has 1 aliphatic heterocycles. The molecule has 6 heteroatoms. The average molecular weight is 225 g/mol. The molecule has 1 aromatic heterocycles. The number of carboxylic acids is 1. The van der Waals surface area contributed by atoms with Crippen LogP contribution in [0.25, 0.3) is 0 Å². The van der Waals surface area contributed by atoms with E-state index in [4.69, 9.17) is 5.11 Å². The number of aromatic carboxylic acids is 1. The van der Waals surface area contributed by atoms with Gasteiger partial charge in [-0.3, -0.25) is 0 Å². The molecule has 0 aliphatic carbocycles. The Morgan fingerprint density at radius 1 is 1.56 bits per heavy atom. The lowest BCUT2D eigenvalue weighted by atomic mass is 10.1. The van der Waals surface area contributed by atoms with Crippen LogP contribution < -0.4 is 4.90 Å². The van der Waals surface area contributed by atoms with Crippen molar-refractivity contribution in [3.8, 4) is 0 Å². The van der Waals surface area contributed by atoms with Crippen LogP contribution in [0.15, 0.2) is 12.4 Å². The van der Waals surface area contributed by atoms with Crippen molar-refractivity contribution in [1.29, 1.82) is 0 Å². The molecule has 0 radical (unpaired) electrons. The highest BCUT2D eigenvalue weighted by atomic mass is 19.1. The Kier molecular flexibility index (Phi) is 2.49. The van der Waals surface area contributed by atoms with E-state index in [9.17, 15) is 9.18 Å². The molecule has 0 saturated carbocycles. The summed E-state index contributed by atoms with van der Waals surface area (Å²) in [5.74, 6) is -0.595. The third kappa shape index (κ3) is 2.10. The van der Waals surface area contributed by atoms with Gasteiger partial charge in [0.15, 0.2) is 5.69 Å². The lowest BCUT2D eigenvalue weighted by Gasteiger charge is -2.17. The van der Waals surface area contributed by atoms with E-state index >= 15 is 0 Å². The third-order valence-electron chi connectivity index (χ3n) is 2.60. The van der Waals surface area contributed by atoms with Gasteiger partial charge in [0.2, 0.25) is 0 Å². The van der Waals surface area contributed by atoms with E-state index in [1.165, 1.54) is 12.4 Å². The van der Waals surface area contributed by atoms with E-state index in [0.29, 0.717) is 18.8 Å². The fraction of sp³-hybridized carbons (Fsp3) is 0.500. The van der Waals surface area contributed by atoms with Crippen molar-refractivity contribution in [2.45, 2.75) is 19.0 Å². The first-order valence-corrected chi connectivity index (χ1v) is 4.97. The van der Waals surface area contributed by atoms with Gasteiger partial charge in [-0.1, -0.05) is 0 Å². The summed E-state index contributed by atoms with van der Waals surface area (Å²) in [7, 11) is 0. The molecule has 16 heavy (non-hydrogen) atoms. The number of anilines is 1. The van der Waals surface area contributed by atoms with Gasteiger partial charge in [-0.2, -0.15) is 0 Å². The molecular formula is C10H12FN3O2. The molecule has 1 fully saturated rings. The van der Waals surface area contributed by atoms with Crippen LogP contribution in [0.5, 0.6) is 0 Å². The zero-order valence-corrected chi connectivity index (χ0v) is 8.85. The smallest absolute Gasteiger partial charge is 0.356 e. The molecule has 2 heterocycles. The summed E-state index contributed by atoms with van der Waals surface area (Å²) in [6.07, 6.45) is 3.01. The quantitative estimate of drug-likeness (QED) is 0.816. The molecule has 0 amide bonds. The summed E-state index contributed by atoms with van der Waals surface area (Å²) in [6.45, 7) is 2.40. The van der Waals surface area contributed by atoms with Crippen molar-refractivity contribution >= 4 is 11.8 Å². The maximum absolute atomic E-state index is 13.6. The van der Waals surface area contributed by atoms with Crippen LogP contribution in [-0.4, -0.2) is 39.8 Å². The van der Waals surface area contributed by atoms with Crippen LogP contribution in [-0.2, 0) is 0 Å². The fourth-order valence-corrected chi connectivity index (χ4v) is 1.71. The summed E-state index contributed by atoms with van der Waals surface area (Å²) >= 11 is 0. The topological polar surface area (TPSA) is 66.3 Å².